The quantitative estimate of drug-likeness (QED) is 0.162. The van der Waals surface area contributed by atoms with Gasteiger partial charge in [-0.25, -0.2) is 9.59 Å². The smallest absolute Gasteiger partial charge is 0.432 e. The van der Waals surface area contributed by atoms with E-state index < -0.39 is 29.8 Å². The number of imide groups is 1. The van der Waals surface area contributed by atoms with Crippen LogP contribution in [0, 0.1) is 0 Å². The summed E-state index contributed by atoms with van der Waals surface area (Å²) >= 11 is 0. The van der Waals surface area contributed by atoms with E-state index in [-0.39, 0.29) is 35.7 Å². The Labute approximate surface area is 230 Å². The van der Waals surface area contributed by atoms with Crippen LogP contribution in [0.15, 0.2) is 52.7 Å². The minimum atomic E-state index is -1.13. The van der Waals surface area contributed by atoms with Crippen LogP contribution >= 0.6 is 0 Å². The number of nitrogens with one attached hydrogen (secondary N) is 2. The van der Waals surface area contributed by atoms with Gasteiger partial charge in [0, 0.05) is 31.5 Å². The van der Waals surface area contributed by atoms with Gasteiger partial charge >= 0.3 is 12.1 Å². The number of phenolic OH excluding ortho intramolecular Hbond substituents is 1. The number of unbranched alkanes of at least 4 members (excludes halogenated alkanes) is 3. The van der Waals surface area contributed by atoms with Crippen molar-refractivity contribution in [1.29, 1.82) is 0 Å². The van der Waals surface area contributed by atoms with Crippen LogP contribution in [-0.2, 0) is 19.2 Å². The maximum absolute atomic E-state index is 12.6. The molecule has 13 heteroatoms. The summed E-state index contributed by atoms with van der Waals surface area (Å²) < 4.78 is 0. The normalized spacial score (nSPS) is 13.9. The molecule has 13 nitrogen and oxygen atoms in total. The molecule has 4 amide bonds. The Kier molecular flexibility index (Phi) is 10.7. The number of carboxylic acids is 1. The van der Waals surface area contributed by atoms with Gasteiger partial charge in [0.2, 0.25) is 5.91 Å². The first-order chi connectivity index (χ1) is 19.2. The van der Waals surface area contributed by atoms with Crippen molar-refractivity contribution in [3.63, 3.8) is 0 Å². The van der Waals surface area contributed by atoms with Crippen molar-refractivity contribution < 1.29 is 39.0 Å². The highest BCUT2D eigenvalue weighted by Crippen LogP contribution is 2.31. The van der Waals surface area contributed by atoms with Gasteiger partial charge in [-0.2, -0.15) is 5.11 Å². The third-order valence-corrected chi connectivity index (χ3v) is 6.13. The van der Waals surface area contributed by atoms with Gasteiger partial charge in [-0.1, -0.05) is 25.0 Å². The molecule has 1 heterocycles. The van der Waals surface area contributed by atoms with Gasteiger partial charge in [0.15, 0.2) is 0 Å². The molecule has 0 bridgehead atoms. The van der Waals surface area contributed by atoms with Crippen LogP contribution in [0.3, 0.4) is 0 Å². The molecule has 0 aliphatic carbocycles. The van der Waals surface area contributed by atoms with Crippen molar-refractivity contribution in [2.75, 3.05) is 13.1 Å². The van der Waals surface area contributed by atoms with E-state index in [2.05, 4.69) is 20.9 Å². The Morgan fingerprint density at radius 1 is 0.950 bits per heavy atom. The lowest BCUT2D eigenvalue weighted by atomic mass is 9.98. The predicted molar refractivity (Wildman–Crippen MR) is 141 cm³/mol. The molecule has 1 aliphatic rings. The molecule has 0 aromatic heterocycles. The van der Waals surface area contributed by atoms with E-state index in [0.29, 0.717) is 42.2 Å². The summed E-state index contributed by atoms with van der Waals surface area (Å²) in [5.41, 5.74) is 0.894. The molecule has 40 heavy (non-hydrogen) atoms. The molecule has 0 spiro atoms. The third-order valence-electron chi connectivity index (χ3n) is 6.13. The number of hydroxylamine groups is 2. The summed E-state index contributed by atoms with van der Waals surface area (Å²) in [6.07, 6.45) is 2.11. The van der Waals surface area contributed by atoms with Crippen LogP contribution in [-0.4, -0.2) is 58.1 Å². The number of carbonyl (C=O) groups is 5. The summed E-state index contributed by atoms with van der Waals surface area (Å²) in [5.74, 6) is -3.23. The van der Waals surface area contributed by atoms with E-state index in [1.165, 1.54) is 30.3 Å². The van der Waals surface area contributed by atoms with Crippen LogP contribution in [0.25, 0.3) is 0 Å². The zero-order valence-corrected chi connectivity index (χ0v) is 22.0. The van der Waals surface area contributed by atoms with Crippen molar-refractivity contribution in [2.24, 2.45) is 10.2 Å². The SMILES string of the molecule is CC(C(=O)NCCCCCCNC(=O)ON1C(=O)CCC1=O)c1cc(N=Nc2ccccc2C(=O)O)ccc1O. The number of azo groups is 1. The van der Waals surface area contributed by atoms with Crippen molar-refractivity contribution in [2.45, 2.75) is 51.4 Å². The highest BCUT2D eigenvalue weighted by molar-refractivity contribution is 6.01. The maximum atomic E-state index is 12.6. The third kappa shape index (κ3) is 8.35. The molecular formula is C27H31N5O8. The highest BCUT2D eigenvalue weighted by atomic mass is 16.7. The van der Waals surface area contributed by atoms with E-state index >= 15 is 0 Å². The van der Waals surface area contributed by atoms with Crippen molar-refractivity contribution in [1.82, 2.24) is 15.7 Å². The summed E-state index contributed by atoms with van der Waals surface area (Å²) in [4.78, 5) is 63.3. The van der Waals surface area contributed by atoms with Crippen molar-refractivity contribution in [3.8, 4) is 5.75 Å². The number of rotatable bonds is 13. The number of nitrogens with zero attached hydrogens (tertiary/aromatic N) is 3. The topological polar surface area (TPSA) is 187 Å². The van der Waals surface area contributed by atoms with Crippen molar-refractivity contribution >= 4 is 41.2 Å². The Morgan fingerprint density at radius 2 is 1.60 bits per heavy atom. The second-order valence-corrected chi connectivity index (χ2v) is 9.08. The fourth-order valence-electron chi connectivity index (χ4n) is 3.88. The van der Waals surface area contributed by atoms with Crippen LogP contribution < -0.4 is 10.6 Å². The summed E-state index contributed by atoms with van der Waals surface area (Å²) in [6, 6.07) is 10.6. The number of benzene rings is 2. The summed E-state index contributed by atoms with van der Waals surface area (Å²) in [6.45, 7) is 2.39. The Bertz CT molecular complexity index is 1280. The van der Waals surface area contributed by atoms with Gasteiger partial charge in [0.05, 0.1) is 17.2 Å². The highest BCUT2D eigenvalue weighted by Gasteiger charge is 2.32. The zero-order valence-electron chi connectivity index (χ0n) is 22.0. The number of aromatic hydroxyl groups is 1. The van der Waals surface area contributed by atoms with Crippen LogP contribution in [0.2, 0.25) is 0 Å². The standard InChI is InChI=1S/C27H31N5O8/c1-17(20-16-18(10-11-22(20)33)30-31-21-9-5-4-8-19(21)26(37)38)25(36)28-14-6-2-3-7-15-29-27(39)40-32-23(34)12-13-24(32)35/h4-5,8-11,16-17,33H,2-3,6-7,12-15H2,1H3,(H,28,36)(H,29,39)(H,37,38). The minimum Gasteiger partial charge on any atom is -0.508 e. The number of carboxylic acid groups (broad SMARTS) is 1. The second-order valence-electron chi connectivity index (χ2n) is 9.08. The molecule has 1 aliphatic heterocycles. The van der Waals surface area contributed by atoms with E-state index in [9.17, 15) is 34.2 Å². The first kappa shape index (κ1) is 29.7. The molecule has 0 radical (unpaired) electrons. The Hall–Kier alpha value is -4.81. The lowest BCUT2D eigenvalue weighted by Crippen LogP contribution is -2.37. The monoisotopic (exact) mass is 553 g/mol. The van der Waals surface area contributed by atoms with Gasteiger partial charge in [-0.05, 0) is 50.1 Å². The molecule has 212 valence electrons. The predicted octanol–water partition coefficient (Wildman–Crippen LogP) is 4.08. The molecule has 2 aromatic carbocycles. The van der Waals surface area contributed by atoms with E-state index in [1.807, 2.05) is 0 Å². The largest absolute Gasteiger partial charge is 0.508 e. The van der Waals surface area contributed by atoms with Crippen molar-refractivity contribution in [3.05, 3.63) is 53.6 Å². The number of hydrogen-bond donors (Lipinski definition) is 4. The zero-order chi connectivity index (χ0) is 29.1. The molecule has 2 aromatic rings. The number of aromatic carboxylic acids is 1. The molecule has 1 fully saturated rings. The first-order valence-electron chi connectivity index (χ1n) is 12.8. The molecule has 3 rings (SSSR count). The van der Waals surface area contributed by atoms with Gasteiger partial charge in [-0.3, -0.25) is 14.4 Å². The molecule has 1 unspecified atom stereocenters. The van der Waals surface area contributed by atoms with E-state index in [4.69, 9.17) is 4.84 Å². The Morgan fingerprint density at radius 3 is 2.27 bits per heavy atom. The lowest BCUT2D eigenvalue weighted by Gasteiger charge is -2.14. The van der Waals surface area contributed by atoms with Crippen LogP contribution in [0.1, 0.15) is 67.3 Å². The number of carbonyl (C=O) groups excluding carboxylic acids is 4. The fraction of sp³-hybridized carbons (Fsp3) is 0.370. The van der Waals surface area contributed by atoms with Gasteiger partial charge in [0.25, 0.3) is 11.8 Å². The molecule has 1 saturated heterocycles. The van der Waals surface area contributed by atoms with Crippen LogP contribution in [0.5, 0.6) is 5.75 Å². The average Bonchev–Trinajstić information content (AvgIpc) is 3.25. The molecule has 1 atom stereocenters. The lowest BCUT2D eigenvalue weighted by molar-refractivity contribution is -0.171. The van der Waals surface area contributed by atoms with Gasteiger partial charge in [0.1, 0.15) is 11.4 Å². The maximum Gasteiger partial charge on any atom is 0.432 e. The Balaban J connectivity index is 1.38. The number of phenols is 1. The second kappa shape index (κ2) is 14.4. The average molecular weight is 554 g/mol. The van der Waals surface area contributed by atoms with E-state index in [0.717, 1.165) is 12.8 Å². The number of amides is 4. The fourth-order valence-corrected chi connectivity index (χ4v) is 3.88. The van der Waals surface area contributed by atoms with Gasteiger partial charge < -0.3 is 25.7 Å². The van der Waals surface area contributed by atoms with E-state index in [1.54, 1.807) is 19.1 Å². The molecule has 0 saturated carbocycles. The summed E-state index contributed by atoms with van der Waals surface area (Å²) in [7, 11) is 0. The molecular weight excluding hydrogens is 522 g/mol. The number of hydrogen-bond acceptors (Lipinski definition) is 9. The van der Waals surface area contributed by atoms with Crippen LogP contribution in [0.4, 0.5) is 16.2 Å². The first-order valence-corrected chi connectivity index (χ1v) is 12.8. The van der Waals surface area contributed by atoms with Gasteiger partial charge in [-0.15, -0.1) is 10.2 Å². The molecule has 4 N–H and O–H groups in total. The minimum absolute atomic E-state index is 0.00432. The summed E-state index contributed by atoms with van der Waals surface area (Å²) in [5, 5.41) is 33.5.